The Morgan fingerprint density at radius 2 is 1.19 bits per heavy atom. The second-order valence-electron chi connectivity index (χ2n) is 10.4. The van der Waals surface area contributed by atoms with Gasteiger partial charge in [0.05, 0.1) is 33.2 Å². The number of nitrogen functional groups attached to an aromatic ring is 1. The molecule has 0 aliphatic carbocycles. The van der Waals surface area contributed by atoms with Gasteiger partial charge in [-0.3, -0.25) is 33.8 Å². The summed E-state index contributed by atoms with van der Waals surface area (Å²) in [6.45, 7) is 2.87. The van der Waals surface area contributed by atoms with Crippen LogP contribution in [0.2, 0.25) is 0 Å². The van der Waals surface area contributed by atoms with Crippen molar-refractivity contribution in [3.63, 3.8) is 0 Å². The number of H-pyrrole nitrogens is 4. The minimum Gasteiger partial charge on any atom is -0.398 e. The van der Waals surface area contributed by atoms with Crippen LogP contribution in [0.3, 0.4) is 0 Å². The fourth-order valence-corrected chi connectivity index (χ4v) is 5.14. The number of nitrogens with zero attached hydrogens (tertiary/aromatic N) is 3. The summed E-state index contributed by atoms with van der Waals surface area (Å²) in [4.78, 5) is 70.6. The van der Waals surface area contributed by atoms with Gasteiger partial charge in [-0.25, -0.2) is 0 Å². The molecule has 0 saturated heterocycles. The molecule has 7 N–H and O–H groups in total. The molecule has 2 aromatic carbocycles. The summed E-state index contributed by atoms with van der Waals surface area (Å²) in [5, 5.41) is 11.2. The topological polar surface area (TPSA) is 261 Å². The van der Waals surface area contributed by atoms with Gasteiger partial charge in [0.2, 0.25) is 0 Å². The Kier molecular flexibility index (Phi) is 8.67. The van der Waals surface area contributed by atoms with Crippen molar-refractivity contribution in [2.24, 2.45) is 0 Å². The first-order valence-corrected chi connectivity index (χ1v) is 14.7. The van der Waals surface area contributed by atoms with E-state index in [-0.39, 0.29) is 11.2 Å². The minimum absolute atomic E-state index is 0.0108. The number of fused-ring (bicyclic) bond motifs is 6. The Morgan fingerprint density at radius 1 is 0.791 bits per heavy atom. The Hall–Kier alpha value is -4.65. The van der Waals surface area contributed by atoms with E-state index in [2.05, 4.69) is 24.8 Å². The highest BCUT2D eigenvalue weighted by molar-refractivity contribution is 7.85. The van der Waals surface area contributed by atoms with Crippen molar-refractivity contribution >= 4 is 43.6 Å². The molecule has 2 aliphatic rings. The number of hydrogen-bond acceptors (Lipinski definition) is 11. The molecule has 0 spiro atoms. The van der Waals surface area contributed by atoms with Crippen molar-refractivity contribution < 1.29 is 17.9 Å². The highest BCUT2D eigenvalue weighted by Crippen LogP contribution is 2.32. The molecule has 6 rings (SSSR count). The Balaban J connectivity index is 0.000000171. The Bertz CT molecular complexity index is 2090. The molecule has 0 saturated carbocycles. The molecule has 230 valence electrons. The SMILES string of the molecule is CN1CCc2c(N)cc3[nH]c(=O)c(=O)[nH]c3c2C1.CN1CCc2c([N+](=O)[O-])cc3[nH]c(=O)c(=O)[nH]c3c2C1.CS(=O)(=O)O. The van der Waals surface area contributed by atoms with Crippen molar-refractivity contribution in [1.82, 2.24) is 29.7 Å². The number of rotatable bonds is 1. The van der Waals surface area contributed by atoms with Crippen molar-refractivity contribution in [3.05, 3.63) is 85.9 Å². The summed E-state index contributed by atoms with van der Waals surface area (Å²) in [6.07, 6.45) is 2.11. The maximum Gasteiger partial charge on any atom is 0.314 e. The lowest BCUT2D eigenvalue weighted by Gasteiger charge is -2.26. The van der Waals surface area contributed by atoms with Gasteiger partial charge in [-0.1, -0.05) is 0 Å². The average Bonchev–Trinajstić information content (AvgIpc) is 2.90. The number of nitro groups is 1. The fourth-order valence-electron chi connectivity index (χ4n) is 5.14. The number of benzene rings is 2. The summed E-state index contributed by atoms with van der Waals surface area (Å²) >= 11 is 0. The van der Waals surface area contributed by atoms with Crippen molar-refractivity contribution in [3.8, 4) is 0 Å². The van der Waals surface area contributed by atoms with Gasteiger partial charge < -0.3 is 35.5 Å². The second kappa shape index (κ2) is 11.9. The van der Waals surface area contributed by atoms with Crippen molar-refractivity contribution in [2.45, 2.75) is 25.9 Å². The highest BCUT2D eigenvalue weighted by atomic mass is 32.2. The van der Waals surface area contributed by atoms with Crippen LogP contribution in [0.5, 0.6) is 0 Å². The molecule has 4 aromatic rings. The minimum atomic E-state index is -3.67. The number of nitrogens with two attached hydrogens (primary N) is 1. The van der Waals surface area contributed by atoms with Crippen LogP contribution < -0.4 is 28.0 Å². The predicted octanol–water partition coefficient (Wildman–Crippen LogP) is -0.597. The molecular weight excluding hydrogens is 588 g/mol. The van der Waals surface area contributed by atoms with Crippen LogP contribution in [0.1, 0.15) is 22.3 Å². The summed E-state index contributed by atoms with van der Waals surface area (Å²) in [7, 11) is 0.249. The Labute approximate surface area is 242 Å². The van der Waals surface area contributed by atoms with Crippen LogP contribution in [-0.4, -0.2) is 81.1 Å². The third-order valence-corrected chi connectivity index (χ3v) is 7.04. The molecule has 43 heavy (non-hydrogen) atoms. The number of likely N-dealkylation sites (N-methyl/N-ethyl adjacent to an activating group) is 2. The van der Waals surface area contributed by atoms with E-state index < -0.39 is 37.3 Å². The molecule has 4 heterocycles. The van der Waals surface area contributed by atoms with E-state index in [1.54, 1.807) is 6.07 Å². The number of hydrogen-bond donors (Lipinski definition) is 6. The van der Waals surface area contributed by atoms with Crippen LogP contribution in [0.4, 0.5) is 11.4 Å². The van der Waals surface area contributed by atoms with Gasteiger partial charge in [0.1, 0.15) is 0 Å². The van der Waals surface area contributed by atoms with Gasteiger partial charge in [0.25, 0.3) is 15.8 Å². The zero-order valence-electron chi connectivity index (χ0n) is 23.4. The quantitative estimate of drug-likeness (QED) is 0.0514. The van der Waals surface area contributed by atoms with Crippen LogP contribution in [0.15, 0.2) is 31.3 Å². The van der Waals surface area contributed by atoms with E-state index in [9.17, 15) is 37.7 Å². The molecule has 0 fully saturated rings. The third-order valence-electron chi connectivity index (χ3n) is 7.04. The number of nitrogens with one attached hydrogen (secondary N) is 4. The highest BCUT2D eigenvalue weighted by Gasteiger charge is 2.26. The summed E-state index contributed by atoms with van der Waals surface area (Å²) in [6, 6.07) is 3.04. The van der Waals surface area contributed by atoms with Gasteiger partial charge >= 0.3 is 22.2 Å². The summed E-state index contributed by atoms with van der Waals surface area (Å²) < 4.78 is 25.9. The van der Waals surface area contributed by atoms with Crippen LogP contribution in [0, 0.1) is 10.1 Å². The van der Waals surface area contributed by atoms with Crippen LogP contribution >= 0.6 is 0 Å². The zero-order valence-corrected chi connectivity index (χ0v) is 24.3. The van der Waals surface area contributed by atoms with E-state index in [0.717, 1.165) is 30.6 Å². The number of aromatic nitrogens is 4. The predicted molar refractivity (Wildman–Crippen MR) is 159 cm³/mol. The summed E-state index contributed by atoms with van der Waals surface area (Å²) in [5.41, 5.74) is 9.30. The molecule has 17 nitrogen and oxygen atoms in total. The van der Waals surface area contributed by atoms with E-state index in [1.807, 2.05) is 19.0 Å². The van der Waals surface area contributed by atoms with E-state index in [0.29, 0.717) is 59.1 Å². The van der Waals surface area contributed by atoms with E-state index in [4.69, 9.17) is 10.3 Å². The lowest BCUT2D eigenvalue weighted by molar-refractivity contribution is -0.385. The first kappa shape index (κ1) is 31.3. The number of aromatic amines is 4. The van der Waals surface area contributed by atoms with Crippen LogP contribution in [-0.2, 0) is 36.0 Å². The van der Waals surface area contributed by atoms with Gasteiger partial charge in [0, 0.05) is 49.1 Å². The first-order valence-electron chi connectivity index (χ1n) is 12.8. The Morgan fingerprint density at radius 3 is 1.65 bits per heavy atom. The fraction of sp³-hybridized carbons (Fsp3) is 0.360. The van der Waals surface area contributed by atoms with Crippen molar-refractivity contribution in [1.29, 1.82) is 0 Å². The molecule has 2 aliphatic heterocycles. The second-order valence-corrected chi connectivity index (χ2v) is 11.9. The summed E-state index contributed by atoms with van der Waals surface area (Å²) in [5.74, 6) is 0. The first-order chi connectivity index (χ1) is 20.0. The van der Waals surface area contributed by atoms with Crippen molar-refractivity contribution in [2.75, 3.05) is 39.2 Å². The molecule has 0 amide bonds. The molecule has 0 bridgehead atoms. The molecule has 0 atom stereocenters. The van der Waals surface area contributed by atoms with Gasteiger partial charge in [-0.2, -0.15) is 8.42 Å². The average molecular weight is 619 g/mol. The largest absolute Gasteiger partial charge is 0.398 e. The maximum absolute atomic E-state index is 11.5. The van der Waals surface area contributed by atoms with E-state index in [1.165, 1.54) is 6.07 Å². The lowest BCUT2D eigenvalue weighted by Crippen LogP contribution is -2.32. The number of nitro benzene ring substituents is 1. The monoisotopic (exact) mass is 618 g/mol. The normalized spacial score (nSPS) is 15.1. The molecule has 2 aromatic heterocycles. The molecule has 0 unspecified atom stereocenters. The standard InChI is InChI=1S/C12H12N4O4.C12H14N4O2.CH4O3S/c1-15-3-2-6-7(5-15)10-8(4-9(6)16(19)20)13-11(17)12(18)14-10;1-16-3-2-6-7(5-16)10-9(4-8(6)13)14-11(17)12(18)15-10;1-5(2,3)4/h4H,2-3,5H2,1H3,(H,13,17)(H,14,18);4H,2-3,5,13H2,1H3,(H,14,17)(H,15,18);1H3,(H,2,3,4). The molecule has 18 heteroatoms. The molecule has 0 radical (unpaired) electrons. The lowest BCUT2D eigenvalue weighted by atomic mass is 9.96. The van der Waals surface area contributed by atoms with Gasteiger partial charge in [-0.15, -0.1) is 0 Å². The zero-order chi connectivity index (χ0) is 31.8. The third kappa shape index (κ3) is 7.05. The van der Waals surface area contributed by atoms with Gasteiger partial charge in [0.15, 0.2) is 0 Å². The van der Waals surface area contributed by atoms with Gasteiger partial charge in [-0.05, 0) is 44.1 Å². The molecular formula is C25H30N8O9S. The maximum atomic E-state index is 11.5. The van der Waals surface area contributed by atoms with E-state index >= 15 is 0 Å². The number of anilines is 1. The smallest absolute Gasteiger partial charge is 0.314 e. The van der Waals surface area contributed by atoms with Crippen LogP contribution in [0.25, 0.3) is 22.1 Å².